The van der Waals surface area contributed by atoms with Crippen LogP contribution in [-0.2, 0) is 0 Å². The Morgan fingerprint density at radius 3 is 1.39 bits per heavy atom. The summed E-state index contributed by atoms with van der Waals surface area (Å²) in [5.74, 6) is 4.23. The Kier molecular flexibility index (Phi) is 8.18. The number of rotatable bonds is 8. The zero-order chi connectivity index (χ0) is 14.5. The van der Waals surface area contributed by atoms with Gasteiger partial charge < -0.3 is 5.73 Å². The van der Waals surface area contributed by atoms with Crippen molar-refractivity contribution in [2.45, 2.75) is 74.3 Å². The van der Waals surface area contributed by atoms with Crippen LogP contribution in [-0.4, -0.2) is 6.04 Å². The zero-order valence-corrected chi connectivity index (χ0v) is 14.0. The molecule has 0 aliphatic carbocycles. The van der Waals surface area contributed by atoms with Crippen LogP contribution in [0, 0.1) is 35.5 Å². The first-order valence-corrected chi connectivity index (χ1v) is 8.03. The van der Waals surface area contributed by atoms with Crippen molar-refractivity contribution < 1.29 is 0 Å². The summed E-state index contributed by atoms with van der Waals surface area (Å²) in [6.45, 7) is 18.7. The van der Waals surface area contributed by atoms with Crippen molar-refractivity contribution in [1.82, 2.24) is 0 Å². The first-order chi connectivity index (χ1) is 8.27. The summed E-state index contributed by atoms with van der Waals surface area (Å²) >= 11 is 0. The van der Waals surface area contributed by atoms with E-state index >= 15 is 0 Å². The van der Waals surface area contributed by atoms with Crippen LogP contribution in [0.4, 0.5) is 0 Å². The van der Waals surface area contributed by atoms with Crippen LogP contribution in [0.5, 0.6) is 0 Å². The van der Waals surface area contributed by atoms with Gasteiger partial charge in [-0.2, -0.15) is 0 Å². The molecule has 1 nitrogen and oxygen atoms in total. The fourth-order valence-corrected chi connectivity index (χ4v) is 2.95. The molecular formula is C17H37N. The lowest BCUT2D eigenvalue weighted by Crippen LogP contribution is -2.42. The Labute approximate surface area is 116 Å². The van der Waals surface area contributed by atoms with E-state index in [4.69, 9.17) is 5.73 Å². The second-order valence-corrected chi connectivity index (χ2v) is 6.78. The molecule has 1 heteroatoms. The van der Waals surface area contributed by atoms with Crippen LogP contribution in [0.1, 0.15) is 68.2 Å². The molecule has 0 aromatic rings. The fraction of sp³-hybridized carbons (Fsp3) is 1.00. The Morgan fingerprint density at radius 1 is 0.611 bits per heavy atom. The summed E-state index contributed by atoms with van der Waals surface area (Å²) in [6, 6.07) is 0.335. The average molecular weight is 255 g/mol. The monoisotopic (exact) mass is 255 g/mol. The normalized spacial score (nSPS) is 23.8. The average Bonchev–Trinajstić information content (AvgIpc) is 2.40. The second kappa shape index (κ2) is 8.19. The molecule has 110 valence electrons. The predicted molar refractivity (Wildman–Crippen MR) is 83.5 cm³/mol. The van der Waals surface area contributed by atoms with E-state index in [1.165, 1.54) is 12.8 Å². The van der Waals surface area contributed by atoms with Gasteiger partial charge in [-0.05, 0) is 35.5 Å². The lowest BCUT2D eigenvalue weighted by Gasteiger charge is -2.37. The lowest BCUT2D eigenvalue weighted by molar-refractivity contribution is 0.149. The highest BCUT2D eigenvalue weighted by Crippen LogP contribution is 2.33. The predicted octanol–water partition coefficient (Wildman–Crippen LogP) is 4.95. The number of hydrogen-bond acceptors (Lipinski definition) is 1. The third kappa shape index (κ3) is 4.57. The summed E-state index contributed by atoms with van der Waals surface area (Å²) in [7, 11) is 0. The molecule has 0 bridgehead atoms. The minimum absolute atomic E-state index is 0.335. The Morgan fingerprint density at radius 2 is 1.00 bits per heavy atom. The summed E-state index contributed by atoms with van der Waals surface area (Å²) in [4.78, 5) is 0. The zero-order valence-electron chi connectivity index (χ0n) is 14.0. The van der Waals surface area contributed by atoms with E-state index in [0.29, 0.717) is 23.8 Å². The number of nitrogens with two attached hydrogens (primary N) is 1. The van der Waals surface area contributed by atoms with Crippen LogP contribution in [0.3, 0.4) is 0 Å². The summed E-state index contributed by atoms with van der Waals surface area (Å²) < 4.78 is 0. The van der Waals surface area contributed by atoms with E-state index < -0.39 is 0 Å². The Hall–Kier alpha value is -0.0400. The van der Waals surface area contributed by atoms with Crippen molar-refractivity contribution in [2.24, 2.45) is 41.2 Å². The largest absolute Gasteiger partial charge is 0.327 e. The summed E-state index contributed by atoms with van der Waals surface area (Å²) in [5.41, 5.74) is 6.52. The van der Waals surface area contributed by atoms with Crippen molar-refractivity contribution in [3.05, 3.63) is 0 Å². The van der Waals surface area contributed by atoms with Gasteiger partial charge in [-0.25, -0.2) is 0 Å². The van der Waals surface area contributed by atoms with Crippen molar-refractivity contribution in [3.63, 3.8) is 0 Å². The molecule has 0 aromatic heterocycles. The van der Waals surface area contributed by atoms with E-state index in [-0.39, 0.29) is 0 Å². The molecule has 0 rings (SSSR count). The molecule has 2 N–H and O–H groups in total. The van der Waals surface area contributed by atoms with Crippen LogP contribution >= 0.6 is 0 Å². The molecule has 0 fully saturated rings. The van der Waals surface area contributed by atoms with Crippen LogP contribution in [0.25, 0.3) is 0 Å². The van der Waals surface area contributed by atoms with Gasteiger partial charge in [0.2, 0.25) is 0 Å². The maximum Gasteiger partial charge on any atom is 0.00955 e. The van der Waals surface area contributed by atoms with Crippen LogP contribution in [0.2, 0.25) is 0 Å². The lowest BCUT2D eigenvalue weighted by atomic mass is 9.71. The quantitative estimate of drug-likeness (QED) is 0.652. The van der Waals surface area contributed by atoms with E-state index in [1.54, 1.807) is 0 Å². The van der Waals surface area contributed by atoms with Crippen molar-refractivity contribution in [2.75, 3.05) is 0 Å². The highest BCUT2D eigenvalue weighted by Gasteiger charge is 2.30. The maximum absolute atomic E-state index is 6.52. The Bertz CT molecular complexity index is 192. The van der Waals surface area contributed by atoms with Crippen molar-refractivity contribution in [1.29, 1.82) is 0 Å². The van der Waals surface area contributed by atoms with E-state index in [0.717, 1.165) is 17.8 Å². The standard InChI is InChI=1S/C17H37N/c1-9-11(3)13(5)15(7)16(8)17(18)14(6)12(4)10-2/h11-17H,9-10,18H2,1-8H3. The molecule has 0 aliphatic heterocycles. The van der Waals surface area contributed by atoms with Gasteiger partial charge in [0, 0.05) is 6.04 Å². The van der Waals surface area contributed by atoms with Crippen molar-refractivity contribution in [3.8, 4) is 0 Å². The van der Waals surface area contributed by atoms with Crippen LogP contribution in [0.15, 0.2) is 0 Å². The van der Waals surface area contributed by atoms with Gasteiger partial charge in [0.1, 0.15) is 0 Å². The summed E-state index contributed by atoms with van der Waals surface area (Å²) in [5, 5.41) is 0. The van der Waals surface area contributed by atoms with Gasteiger partial charge in [0.05, 0.1) is 0 Å². The SMILES string of the molecule is CCC(C)C(C)C(C)C(C)C(N)C(C)C(C)CC. The molecule has 0 spiro atoms. The van der Waals surface area contributed by atoms with Crippen LogP contribution < -0.4 is 5.73 Å². The minimum atomic E-state index is 0.335. The summed E-state index contributed by atoms with van der Waals surface area (Å²) in [6.07, 6.45) is 2.51. The highest BCUT2D eigenvalue weighted by molar-refractivity contribution is 4.83. The van der Waals surface area contributed by atoms with Crippen molar-refractivity contribution >= 4 is 0 Å². The number of hydrogen-bond donors (Lipinski definition) is 1. The topological polar surface area (TPSA) is 26.0 Å². The third-order valence-corrected chi connectivity index (χ3v) is 5.96. The molecule has 0 heterocycles. The fourth-order valence-electron chi connectivity index (χ4n) is 2.95. The Balaban J connectivity index is 4.57. The molecule has 0 aromatic carbocycles. The molecule has 18 heavy (non-hydrogen) atoms. The van der Waals surface area contributed by atoms with E-state index in [9.17, 15) is 0 Å². The molecule has 0 amide bonds. The first kappa shape index (κ1) is 18.0. The van der Waals surface area contributed by atoms with Gasteiger partial charge in [-0.15, -0.1) is 0 Å². The second-order valence-electron chi connectivity index (χ2n) is 6.78. The first-order valence-electron chi connectivity index (χ1n) is 8.03. The molecule has 7 atom stereocenters. The maximum atomic E-state index is 6.52. The molecular weight excluding hydrogens is 218 g/mol. The van der Waals surface area contributed by atoms with Gasteiger partial charge in [-0.1, -0.05) is 68.2 Å². The van der Waals surface area contributed by atoms with Gasteiger partial charge >= 0.3 is 0 Å². The highest BCUT2D eigenvalue weighted by atomic mass is 14.7. The molecule has 0 aliphatic rings. The third-order valence-electron chi connectivity index (χ3n) is 5.96. The molecule has 0 saturated carbocycles. The van der Waals surface area contributed by atoms with Gasteiger partial charge in [-0.3, -0.25) is 0 Å². The van der Waals surface area contributed by atoms with Gasteiger partial charge in [0.25, 0.3) is 0 Å². The van der Waals surface area contributed by atoms with E-state index in [2.05, 4.69) is 55.4 Å². The minimum Gasteiger partial charge on any atom is -0.327 e. The molecule has 0 saturated heterocycles. The molecule has 0 radical (unpaired) electrons. The van der Waals surface area contributed by atoms with E-state index in [1.807, 2.05) is 0 Å². The molecule has 7 unspecified atom stereocenters. The smallest absolute Gasteiger partial charge is 0.00955 e. The van der Waals surface area contributed by atoms with Gasteiger partial charge in [0.15, 0.2) is 0 Å².